The lowest BCUT2D eigenvalue weighted by molar-refractivity contribution is 0.415. The van der Waals surface area contributed by atoms with Crippen LogP contribution in [0.1, 0.15) is 31.3 Å². The van der Waals surface area contributed by atoms with E-state index in [0.29, 0.717) is 0 Å². The summed E-state index contributed by atoms with van der Waals surface area (Å²) < 4.78 is 2.23. The summed E-state index contributed by atoms with van der Waals surface area (Å²) in [6.07, 6.45) is 4.96. The van der Waals surface area contributed by atoms with E-state index in [-0.39, 0.29) is 5.54 Å². The largest absolute Gasteiger partial charge is 0.333 e. The summed E-state index contributed by atoms with van der Waals surface area (Å²) in [5.41, 5.74) is 1.39. The molecule has 3 nitrogen and oxygen atoms in total. The van der Waals surface area contributed by atoms with Crippen LogP contribution in [0.5, 0.6) is 0 Å². The molecule has 98 valence electrons. The molecule has 0 aliphatic rings. The Kier molecular flexibility index (Phi) is 4.19. The number of nitrogens with zero attached hydrogens (tertiary/aromatic N) is 2. The Labute approximate surface area is 113 Å². The van der Waals surface area contributed by atoms with Crippen molar-refractivity contribution in [2.45, 2.75) is 45.8 Å². The normalized spacial score (nSPS) is 11.9. The lowest BCUT2D eigenvalue weighted by atomic mass is 10.1. The quantitative estimate of drug-likeness (QED) is 0.898. The van der Waals surface area contributed by atoms with Crippen LogP contribution < -0.4 is 5.32 Å². The van der Waals surface area contributed by atoms with Crippen molar-refractivity contribution in [3.8, 4) is 0 Å². The number of thiophene rings is 1. The fourth-order valence-electron chi connectivity index (χ4n) is 1.74. The van der Waals surface area contributed by atoms with Crippen molar-refractivity contribution in [1.82, 2.24) is 14.9 Å². The van der Waals surface area contributed by atoms with Crippen molar-refractivity contribution in [2.75, 3.05) is 0 Å². The van der Waals surface area contributed by atoms with Crippen LogP contribution in [-0.4, -0.2) is 15.1 Å². The zero-order chi connectivity index (χ0) is 13.0. The molecular weight excluding hydrogens is 242 g/mol. The predicted octanol–water partition coefficient (Wildman–Crippen LogP) is 3.08. The maximum absolute atomic E-state index is 4.25. The molecule has 1 N–H and O–H groups in total. The number of aromatic nitrogens is 2. The van der Waals surface area contributed by atoms with Gasteiger partial charge in [-0.1, -0.05) is 6.07 Å². The van der Waals surface area contributed by atoms with Gasteiger partial charge in [0.25, 0.3) is 0 Å². The monoisotopic (exact) mass is 263 g/mol. The summed E-state index contributed by atoms with van der Waals surface area (Å²) >= 11 is 1.82. The highest BCUT2D eigenvalue weighted by atomic mass is 32.1. The average Bonchev–Trinajstić information content (AvgIpc) is 2.94. The lowest BCUT2D eigenvalue weighted by Crippen LogP contribution is -2.35. The van der Waals surface area contributed by atoms with Crippen LogP contribution in [0.25, 0.3) is 0 Å². The van der Waals surface area contributed by atoms with Gasteiger partial charge in [0.15, 0.2) is 0 Å². The predicted molar refractivity (Wildman–Crippen MR) is 76.8 cm³/mol. The van der Waals surface area contributed by atoms with Gasteiger partial charge < -0.3 is 9.88 Å². The standard InChI is InChI=1S/C14H21N3S/c1-14(2,3)16-10-12-9-15-11-17(12)7-6-13-5-4-8-18-13/h4-5,8-9,11,16H,6-7,10H2,1-3H3. The van der Waals surface area contributed by atoms with E-state index in [4.69, 9.17) is 0 Å². The second-order valence-corrected chi connectivity index (χ2v) is 6.54. The molecule has 0 saturated carbocycles. The van der Waals surface area contributed by atoms with Crippen LogP contribution in [0, 0.1) is 0 Å². The Morgan fingerprint density at radius 2 is 2.22 bits per heavy atom. The molecule has 0 aliphatic heterocycles. The van der Waals surface area contributed by atoms with Crippen LogP contribution in [0.15, 0.2) is 30.0 Å². The second kappa shape index (κ2) is 5.67. The Morgan fingerprint density at radius 1 is 1.39 bits per heavy atom. The van der Waals surface area contributed by atoms with Crippen molar-refractivity contribution in [3.05, 3.63) is 40.6 Å². The van der Waals surface area contributed by atoms with Crippen LogP contribution >= 0.6 is 11.3 Å². The van der Waals surface area contributed by atoms with Crippen LogP contribution in [-0.2, 0) is 19.5 Å². The molecule has 0 bridgehead atoms. The van der Waals surface area contributed by atoms with E-state index in [0.717, 1.165) is 19.5 Å². The van der Waals surface area contributed by atoms with Gasteiger partial charge in [-0.3, -0.25) is 0 Å². The fourth-order valence-corrected chi connectivity index (χ4v) is 2.44. The molecule has 0 saturated heterocycles. The molecule has 2 heterocycles. The summed E-state index contributed by atoms with van der Waals surface area (Å²) in [5.74, 6) is 0. The number of rotatable bonds is 5. The first-order valence-corrected chi connectivity index (χ1v) is 7.19. The molecule has 0 unspecified atom stereocenters. The van der Waals surface area contributed by atoms with Crippen LogP contribution in [0.2, 0.25) is 0 Å². The third-order valence-electron chi connectivity index (χ3n) is 2.78. The van der Waals surface area contributed by atoms with Gasteiger partial charge in [-0.15, -0.1) is 11.3 Å². The van der Waals surface area contributed by atoms with Gasteiger partial charge in [0.1, 0.15) is 0 Å². The number of nitrogens with one attached hydrogen (secondary N) is 1. The van der Waals surface area contributed by atoms with Gasteiger partial charge in [0, 0.05) is 29.7 Å². The number of aryl methyl sites for hydroxylation is 2. The third kappa shape index (κ3) is 3.96. The molecule has 0 radical (unpaired) electrons. The minimum atomic E-state index is 0.142. The molecule has 2 aromatic rings. The topological polar surface area (TPSA) is 29.9 Å². The molecule has 0 fully saturated rings. The van der Waals surface area contributed by atoms with E-state index < -0.39 is 0 Å². The highest BCUT2D eigenvalue weighted by Gasteiger charge is 2.10. The van der Waals surface area contributed by atoms with Crippen molar-refractivity contribution in [2.24, 2.45) is 0 Å². The van der Waals surface area contributed by atoms with Gasteiger partial charge in [-0.05, 0) is 38.6 Å². The van der Waals surface area contributed by atoms with E-state index >= 15 is 0 Å². The third-order valence-corrected chi connectivity index (χ3v) is 3.71. The SMILES string of the molecule is CC(C)(C)NCc1cncn1CCc1cccs1. The molecule has 18 heavy (non-hydrogen) atoms. The van der Waals surface area contributed by atoms with Crippen molar-refractivity contribution >= 4 is 11.3 Å². The minimum Gasteiger partial charge on any atom is -0.333 e. The first-order chi connectivity index (χ1) is 8.54. The second-order valence-electron chi connectivity index (χ2n) is 5.51. The molecule has 0 spiro atoms. The van der Waals surface area contributed by atoms with Gasteiger partial charge in [-0.25, -0.2) is 4.98 Å². The van der Waals surface area contributed by atoms with E-state index in [9.17, 15) is 0 Å². The molecule has 2 rings (SSSR count). The van der Waals surface area contributed by atoms with Gasteiger partial charge >= 0.3 is 0 Å². The Morgan fingerprint density at radius 3 is 2.89 bits per heavy atom. The maximum Gasteiger partial charge on any atom is 0.0948 e. The molecule has 2 aromatic heterocycles. The lowest BCUT2D eigenvalue weighted by Gasteiger charge is -2.20. The summed E-state index contributed by atoms with van der Waals surface area (Å²) in [5, 5.41) is 5.63. The van der Waals surface area contributed by atoms with E-state index in [1.165, 1.54) is 10.6 Å². The summed E-state index contributed by atoms with van der Waals surface area (Å²) in [4.78, 5) is 5.68. The first kappa shape index (κ1) is 13.3. The molecule has 0 aromatic carbocycles. The highest BCUT2D eigenvalue weighted by molar-refractivity contribution is 7.09. The first-order valence-electron chi connectivity index (χ1n) is 6.31. The van der Waals surface area contributed by atoms with Crippen molar-refractivity contribution in [1.29, 1.82) is 0 Å². The molecule has 0 amide bonds. The minimum absolute atomic E-state index is 0.142. The van der Waals surface area contributed by atoms with Crippen LogP contribution in [0.4, 0.5) is 0 Å². The van der Waals surface area contributed by atoms with Gasteiger partial charge in [0.05, 0.1) is 12.0 Å². The maximum atomic E-state index is 4.25. The molecule has 0 aliphatic carbocycles. The summed E-state index contributed by atoms with van der Waals surface area (Å²) in [6.45, 7) is 8.41. The molecule has 4 heteroatoms. The Balaban J connectivity index is 1.91. The zero-order valence-corrected chi connectivity index (χ0v) is 12.1. The average molecular weight is 263 g/mol. The van der Waals surface area contributed by atoms with E-state index in [1.807, 2.05) is 23.9 Å². The summed E-state index contributed by atoms with van der Waals surface area (Å²) in [7, 11) is 0. The number of hydrogen-bond donors (Lipinski definition) is 1. The highest BCUT2D eigenvalue weighted by Crippen LogP contribution is 2.11. The Bertz CT molecular complexity index is 465. The Hall–Kier alpha value is -1.13. The summed E-state index contributed by atoms with van der Waals surface area (Å²) in [6, 6.07) is 4.30. The van der Waals surface area contributed by atoms with Crippen LogP contribution in [0.3, 0.4) is 0 Å². The van der Waals surface area contributed by atoms with E-state index in [2.05, 4.69) is 53.2 Å². The molecule has 0 atom stereocenters. The smallest absolute Gasteiger partial charge is 0.0948 e. The number of hydrogen-bond acceptors (Lipinski definition) is 3. The van der Waals surface area contributed by atoms with E-state index in [1.54, 1.807) is 0 Å². The van der Waals surface area contributed by atoms with Crippen molar-refractivity contribution < 1.29 is 0 Å². The van der Waals surface area contributed by atoms with Gasteiger partial charge in [0.2, 0.25) is 0 Å². The number of imidazole rings is 1. The zero-order valence-electron chi connectivity index (χ0n) is 11.3. The fraction of sp³-hybridized carbons (Fsp3) is 0.500. The van der Waals surface area contributed by atoms with Gasteiger partial charge in [-0.2, -0.15) is 0 Å². The van der Waals surface area contributed by atoms with Crippen molar-refractivity contribution in [3.63, 3.8) is 0 Å². The molecular formula is C14H21N3S.